The van der Waals surface area contributed by atoms with Gasteiger partial charge in [0, 0.05) is 0 Å². The summed E-state index contributed by atoms with van der Waals surface area (Å²) in [5.41, 5.74) is 0. The predicted molar refractivity (Wildman–Crippen MR) is 73.8 cm³/mol. The predicted octanol–water partition coefficient (Wildman–Crippen LogP) is 2.66. The van der Waals surface area contributed by atoms with Crippen molar-refractivity contribution < 1.29 is 19.1 Å². The Bertz CT molecular complexity index is 291. The second-order valence-corrected chi connectivity index (χ2v) is 4.42. The van der Waals surface area contributed by atoms with E-state index in [2.05, 4.69) is 11.9 Å². The van der Waals surface area contributed by atoms with Crippen LogP contribution in [0.3, 0.4) is 0 Å². The average Bonchev–Trinajstić information content (AvgIpc) is 2.41. The normalized spacial score (nSPS) is 13.2. The molecular formula is C14H25NO4. The molecule has 19 heavy (non-hydrogen) atoms. The molecule has 0 heterocycles. The fraction of sp³-hybridized carbons (Fsp3) is 0.714. The largest absolute Gasteiger partial charge is 0.464 e. The molecule has 2 unspecified atom stereocenters. The highest BCUT2D eigenvalue weighted by Crippen LogP contribution is 2.10. The van der Waals surface area contributed by atoms with E-state index < -0.39 is 18.1 Å². The molecule has 0 aliphatic carbocycles. The Hall–Kier alpha value is -1.52. The summed E-state index contributed by atoms with van der Waals surface area (Å²) in [4.78, 5) is 23.4. The lowest BCUT2D eigenvalue weighted by molar-refractivity contribution is -0.147. The molecule has 0 radical (unpaired) electrons. The van der Waals surface area contributed by atoms with E-state index in [0.717, 1.165) is 19.3 Å². The minimum absolute atomic E-state index is 0.00888. The molecule has 1 amide bonds. The number of rotatable bonds is 9. The van der Waals surface area contributed by atoms with E-state index in [0.29, 0.717) is 6.61 Å². The van der Waals surface area contributed by atoms with Crippen molar-refractivity contribution in [1.29, 1.82) is 0 Å². The van der Waals surface area contributed by atoms with Gasteiger partial charge in [-0.2, -0.15) is 0 Å². The molecule has 0 aliphatic rings. The van der Waals surface area contributed by atoms with Crippen LogP contribution in [0, 0.1) is 5.92 Å². The molecule has 5 heteroatoms. The Morgan fingerprint density at radius 2 is 2.00 bits per heavy atom. The molecule has 0 aromatic heterocycles. The lowest BCUT2D eigenvalue weighted by Crippen LogP contribution is -2.46. The molecule has 5 nitrogen and oxygen atoms in total. The van der Waals surface area contributed by atoms with Crippen LogP contribution in [0.1, 0.15) is 40.0 Å². The molecule has 0 aliphatic heterocycles. The van der Waals surface area contributed by atoms with Crippen molar-refractivity contribution >= 4 is 12.1 Å². The van der Waals surface area contributed by atoms with E-state index in [1.165, 1.54) is 6.08 Å². The van der Waals surface area contributed by atoms with Crippen LogP contribution in [0.5, 0.6) is 0 Å². The van der Waals surface area contributed by atoms with Crippen molar-refractivity contribution in [1.82, 2.24) is 5.32 Å². The first-order valence-electron chi connectivity index (χ1n) is 6.77. The van der Waals surface area contributed by atoms with Crippen molar-refractivity contribution in [3.63, 3.8) is 0 Å². The van der Waals surface area contributed by atoms with Crippen molar-refractivity contribution in [2.45, 2.75) is 46.1 Å². The van der Waals surface area contributed by atoms with Crippen LogP contribution in [-0.4, -0.2) is 31.3 Å². The number of alkyl carbamates (subject to hydrolysis) is 1. The number of hydrogen-bond donors (Lipinski definition) is 1. The van der Waals surface area contributed by atoms with Gasteiger partial charge in [-0.05, 0) is 12.3 Å². The van der Waals surface area contributed by atoms with Crippen molar-refractivity contribution in [3.8, 4) is 0 Å². The first-order chi connectivity index (χ1) is 9.06. The molecule has 2 atom stereocenters. The number of hydrogen-bond acceptors (Lipinski definition) is 4. The van der Waals surface area contributed by atoms with Gasteiger partial charge in [0.1, 0.15) is 12.6 Å². The van der Waals surface area contributed by atoms with Crippen LogP contribution in [0.25, 0.3) is 0 Å². The molecule has 0 rings (SSSR count). The second kappa shape index (κ2) is 10.4. The molecule has 0 bridgehead atoms. The topological polar surface area (TPSA) is 64.6 Å². The number of nitrogens with one attached hydrogen (secondary N) is 1. The summed E-state index contributed by atoms with van der Waals surface area (Å²) in [5.74, 6) is -0.413. The van der Waals surface area contributed by atoms with Gasteiger partial charge < -0.3 is 14.8 Å². The van der Waals surface area contributed by atoms with Crippen molar-refractivity contribution in [2.75, 3.05) is 13.2 Å². The summed E-state index contributed by atoms with van der Waals surface area (Å²) in [5, 5.41) is 2.55. The lowest BCUT2D eigenvalue weighted by Gasteiger charge is -2.22. The fourth-order valence-electron chi connectivity index (χ4n) is 1.38. The number of amides is 1. The van der Waals surface area contributed by atoms with E-state index in [4.69, 9.17) is 9.47 Å². The number of unbranched alkanes of at least 4 members (excludes halogenated alkanes) is 1. The van der Waals surface area contributed by atoms with E-state index in [-0.39, 0.29) is 12.5 Å². The molecule has 110 valence electrons. The van der Waals surface area contributed by atoms with E-state index in [1.54, 1.807) is 0 Å². The van der Waals surface area contributed by atoms with Gasteiger partial charge in [0.05, 0.1) is 6.61 Å². The molecule has 0 spiro atoms. The summed E-state index contributed by atoms with van der Waals surface area (Å²) in [7, 11) is 0. The minimum Gasteiger partial charge on any atom is -0.464 e. The van der Waals surface area contributed by atoms with Gasteiger partial charge in [-0.1, -0.05) is 46.3 Å². The van der Waals surface area contributed by atoms with Crippen molar-refractivity contribution in [2.24, 2.45) is 5.92 Å². The molecule has 0 saturated heterocycles. The molecule has 0 fully saturated rings. The van der Waals surface area contributed by atoms with E-state index in [1.807, 2.05) is 20.8 Å². The first-order valence-corrected chi connectivity index (χ1v) is 6.77. The fourth-order valence-corrected chi connectivity index (χ4v) is 1.38. The van der Waals surface area contributed by atoms with Crippen LogP contribution < -0.4 is 5.32 Å². The molecule has 0 saturated carbocycles. The minimum atomic E-state index is -0.667. The number of carbonyl (C=O) groups is 2. The quantitative estimate of drug-likeness (QED) is 0.398. The zero-order valence-electron chi connectivity index (χ0n) is 12.1. The third-order valence-electron chi connectivity index (χ3n) is 2.81. The zero-order chi connectivity index (χ0) is 14.7. The Kier molecular flexibility index (Phi) is 9.57. The van der Waals surface area contributed by atoms with Crippen LogP contribution >= 0.6 is 0 Å². The Labute approximate surface area is 115 Å². The maximum Gasteiger partial charge on any atom is 0.408 e. The maximum atomic E-state index is 11.9. The molecule has 0 aromatic carbocycles. The number of carbonyl (C=O) groups excluding carboxylic acids is 2. The Morgan fingerprint density at radius 3 is 2.53 bits per heavy atom. The number of ether oxygens (including phenoxy) is 2. The van der Waals surface area contributed by atoms with Gasteiger partial charge in [-0.3, -0.25) is 0 Å². The zero-order valence-corrected chi connectivity index (χ0v) is 12.1. The summed E-state index contributed by atoms with van der Waals surface area (Å²) in [6, 6.07) is -0.667. The Morgan fingerprint density at radius 1 is 1.32 bits per heavy atom. The number of esters is 1. The summed E-state index contributed by atoms with van der Waals surface area (Å²) in [6.45, 7) is 9.81. The van der Waals surface area contributed by atoms with Gasteiger partial charge in [-0.25, -0.2) is 9.59 Å². The second-order valence-electron chi connectivity index (χ2n) is 4.42. The highest BCUT2D eigenvalue weighted by atomic mass is 16.6. The summed E-state index contributed by atoms with van der Waals surface area (Å²) in [6.07, 6.45) is 3.38. The monoisotopic (exact) mass is 271 g/mol. The lowest BCUT2D eigenvalue weighted by atomic mass is 9.99. The van der Waals surface area contributed by atoms with E-state index >= 15 is 0 Å². The molecular weight excluding hydrogens is 246 g/mol. The third kappa shape index (κ3) is 7.49. The van der Waals surface area contributed by atoms with Gasteiger partial charge in [0.2, 0.25) is 0 Å². The summed E-state index contributed by atoms with van der Waals surface area (Å²) < 4.78 is 9.96. The molecule has 1 N–H and O–H groups in total. The van der Waals surface area contributed by atoms with Crippen LogP contribution in [-0.2, 0) is 14.3 Å². The first kappa shape index (κ1) is 17.5. The smallest absolute Gasteiger partial charge is 0.408 e. The SMILES string of the molecule is C=CCOC(=O)NC(C(=O)OCCCC)C(C)CC. The highest BCUT2D eigenvalue weighted by molar-refractivity contribution is 5.81. The van der Waals surface area contributed by atoms with Crippen LogP contribution in [0.4, 0.5) is 4.79 Å². The maximum absolute atomic E-state index is 11.9. The average molecular weight is 271 g/mol. The Balaban J connectivity index is 4.40. The van der Waals surface area contributed by atoms with Gasteiger partial charge in [0.25, 0.3) is 0 Å². The third-order valence-corrected chi connectivity index (χ3v) is 2.81. The van der Waals surface area contributed by atoms with Crippen LogP contribution in [0.2, 0.25) is 0 Å². The standard InChI is InChI=1S/C14H25NO4/c1-5-8-10-18-13(16)12(11(4)7-3)15-14(17)19-9-6-2/h6,11-12H,2,5,7-10H2,1,3-4H3,(H,15,17). The van der Waals surface area contributed by atoms with E-state index in [9.17, 15) is 9.59 Å². The van der Waals surface area contributed by atoms with Gasteiger partial charge in [0.15, 0.2) is 0 Å². The summed E-state index contributed by atoms with van der Waals surface area (Å²) >= 11 is 0. The van der Waals surface area contributed by atoms with Crippen molar-refractivity contribution in [3.05, 3.63) is 12.7 Å². The highest BCUT2D eigenvalue weighted by Gasteiger charge is 2.27. The van der Waals surface area contributed by atoms with Gasteiger partial charge in [-0.15, -0.1) is 0 Å². The molecule has 0 aromatic rings. The van der Waals surface area contributed by atoms with Gasteiger partial charge >= 0.3 is 12.1 Å². The van der Waals surface area contributed by atoms with Crippen LogP contribution in [0.15, 0.2) is 12.7 Å².